The molecule has 1 aliphatic heterocycles. The number of aromatic nitrogens is 1. The van der Waals surface area contributed by atoms with Crippen molar-refractivity contribution < 1.29 is 4.79 Å². The van der Waals surface area contributed by atoms with Crippen molar-refractivity contribution in [2.24, 2.45) is 0 Å². The van der Waals surface area contributed by atoms with E-state index in [0.29, 0.717) is 6.54 Å². The van der Waals surface area contributed by atoms with Crippen LogP contribution in [-0.2, 0) is 17.8 Å². The number of H-pyrrole nitrogens is 1. The molecule has 5 heteroatoms. The molecule has 2 aromatic carbocycles. The molecule has 0 bridgehead atoms. The zero-order valence-corrected chi connectivity index (χ0v) is 16.6. The first-order chi connectivity index (χ1) is 13.4. The van der Waals surface area contributed by atoms with E-state index in [1.165, 1.54) is 5.56 Å². The molecule has 28 heavy (non-hydrogen) atoms. The summed E-state index contributed by atoms with van der Waals surface area (Å²) >= 11 is 0. The Morgan fingerprint density at radius 1 is 1.11 bits per heavy atom. The third-order valence-electron chi connectivity index (χ3n) is 5.66. The number of benzene rings is 2. The van der Waals surface area contributed by atoms with Crippen molar-refractivity contribution in [3.63, 3.8) is 0 Å². The molecule has 0 aliphatic carbocycles. The Kier molecular flexibility index (Phi) is 4.77. The normalized spacial score (nSPS) is 14.1. The Hall–Kier alpha value is -2.92. The fraction of sp³-hybridized carbons (Fsp3) is 0.304. The number of aromatic amines is 1. The number of aryl methyl sites for hydroxylation is 3. The molecule has 0 radical (unpaired) electrons. The lowest BCUT2D eigenvalue weighted by molar-refractivity contribution is -0.117. The number of amides is 1. The topological polar surface area (TPSA) is 65.2 Å². The van der Waals surface area contributed by atoms with Crippen LogP contribution in [0.2, 0.25) is 0 Å². The summed E-state index contributed by atoms with van der Waals surface area (Å²) in [6, 6.07) is 11.6. The van der Waals surface area contributed by atoms with Crippen molar-refractivity contribution in [2.75, 3.05) is 18.4 Å². The minimum atomic E-state index is -0.0593. The number of hydrogen-bond donors (Lipinski definition) is 2. The van der Waals surface area contributed by atoms with Crippen molar-refractivity contribution in [1.82, 2.24) is 9.88 Å². The largest absolute Gasteiger partial charge is 0.358 e. The van der Waals surface area contributed by atoms with Crippen LogP contribution in [0.1, 0.15) is 27.9 Å². The summed E-state index contributed by atoms with van der Waals surface area (Å²) in [5.74, 6) is -0.0593. The van der Waals surface area contributed by atoms with E-state index in [-0.39, 0.29) is 17.9 Å². The van der Waals surface area contributed by atoms with Crippen LogP contribution >= 0.6 is 0 Å². The van der Waals surface area contributed by atoms with Gasteiger partial charge in [0.2, 0.25) is 5.91 Å². The van der Waals surface area contributed by atoms with E-state index in [9.17, 15) is 9.59 Å². The Balaban J connectivity index is 1.54. The first-order valence-electron chi connectivity index (χ1n) is 9.65. The van der Waals surface area contributed by atoms with Crippen LogP contribution in [0.5, 0.6) is 0 Å². The maximum absolute atomic E-state index is 13.0. The highest BCUT2D eigenvalue weighted by atomic mass is 16.2. The van der Waals surface area contributed by atoms with Gasteiger partial charge in [0.05, 0.1) is 12.1 Å². The molecule has 0 spiro atoms. The van der Waals surface area contributed by atoms with Gasteiger partial charge in [-0.3, -0.25) is 14.5 Å². The van der Waals surface area contributed by atoms with Crippen LogP contribution in [-0.4, -0.2) is 28.9 Å². The van der Waals surface area contributed by atoms with Crippen molar-refractivity contribution in [1.29, 1.82) is 0 Å². The summed E-state index contributed by atoms with van der Waals surface area (Å²) in [5.41, 5.74) is 7.05. The molecule has 1 amide bonds. The summed E-state index contributed by atoms with van der Waals surface area (Å²) < 4.78 is 0. The lowest BCUT2D eigenvalue weighted by Gasteiger charge is -2.28. The number of carbonyl (C=O) groups excluding carboxylic acids is 1. The number of nitrogens with one attached hydrogen (secondary N) is 2. The smallest absolute Gasteiger partial charge is 0.238 e. The van der Waals surface area contributed by atoms with Crippen LogP contribution in [0, 0.1) is 20.8 Å². The molecule has 0 unspecified atom stereocenters. The van der Waals surface area contributed by atoms with Crippen LogP contribution in [0.4, 0.5) is 5.69 Å². The summed E-state index contributed by atoms with van der Waals surface area (Å²) in [5, 5.41) is 3.66. The van der Waals surface area contributed by atoms with Crippen molar-refractivity contribution in [3.05, 3.63) is 74.6 Å². The van der Waals surface area contributed by atoms with E-state index in [1.54, 1.807) is 0 Å². The third-order valence-corrected chi connectivity index (χ3v) is 5.66. The first kappa shape index (κ1) is 18.4. The van der Waals surface area contributed by atoms with E-state index < -0.39 is 0 Å². The molecule has 3 aromatic rings. The molecule has 0 saturated heterocycles. The zero-order chi connectivity index (χ0) is 19.8. The first-order valence-corrected chi connectivity index (χ1v) is 9.65. The molecule has 0 fully saturated rings. The Morgan fingerprint density at radius 3 is 2.61 bits per heavy atom. The number of anilines is 1. The van der Waals surface area contributed by atoms with Gasteiger partial charge in [0.15, 0.2) is 5.43 Å². The lowest BCUT2D eigenvalue weighted by Crippen LogP contribution is -2.39. The monoisotopic (exact) mass is 375 g/mol. The van der Waals surface area contributed by atoms with Crippen LogP contribution < -0.4 is 10.7 Å². The molecule has 5 nitrogen and oxygen atoms in total. The summed E-state index contributed by atoms with van der Waals surface area (Å²) in [6.45, 7) is 7.64. The lowest BCUT2D eigenvalue weighted by atomic mass is 9.99. The molecule has 1 aliphatic rings. The summed E-state index contributed by atoms with van der Waals surface area (Å²) in [7, 11) is 0. The number of rotatable bonds is 3. The number of hydrogen-bond acceptors (Lipinski definition) is 3. The maximum atomic E-state index is 13.0. The molecule has 2 N–H and O–H groups in total. The van der Waals surface area contributed by atoms with E-state index in [1.807, 2.05) is 55.1 Å². The van der Waals surface area contributed by atoms with E-state index in [4.69, 9.17) is 0 Å². The van der Waals surface area contributed by atoms with E-state index in [0.717, 1.165) is 51.9 Å². The number of fused-ring (bicyclic) bond motifs is 2. The Morgan fingerprint density at radius 2 is 1.86 bits per heavy atom. The van der Waals surface area contributed by atoms with Crippen LogP contribution in [0.3, 0.4) is 0 Å². The molecule has 2 heterocycles. The van der Waals surface area contributed by atoms with Gasteiger partial charge in [0, 0.05) is 41.8 Å². The second-order valence-corrected chi connectivity index (χ2v) is 7.72. The van der Waals surface area contributed by atoms with Crippen molar-refractivity contribution >= 4 is 22.5 Å². The Labute approximate surface area is 164 Å². The zero-order valence-electron chi connectivity index (χ0n) is 16.6. The van der Waals surface area contributed by atoms with Gasteiger partial charge in [0.1, 0.15) is 0 Å². The standard InChI is InChI=1S/C23H25N3O2/c1-14-4-7-17(8-5-14)24-21(27)13-26-11-10-20-19(12-26)23(28)18-9-6-15(2)16(3)22(18)25-20/h4-9H,10-13H2,1-3H3,(H,24,27)(H,25,28). The molecular weight excluding hydrogens is 350 g/mol. The van der Waals surface area contributed by atoms with Crippen molar-refractivity contribution in [3.8, 4) is 0 Å². The van der Waals surface area contributed by atoms with Gasteiger partial charge in [-0.25, -0.2) is 0 Å². The molecule has 4 rings (SSSR count). The predicted octanol–water partition coefficient (Wildman–Crippen LogP) is 3.45. The molecule has 144 valence electrons. The van der Waals surface area contributed by atoms with Gasteiger partial charge in [-0.15, -0.1) is 0 Å². The molecule has 0 atom stereocenters. The highest BCUT2D eigenvalue weighted by Crippen LogP contribution is 2.22. The third kappa shape index (κ3) is 3.45. The number of carbonyl (C=O) groups is 1. The maximum Gasteiger partial charge on any atom is 0.238 e. The highest BCUT2D eigenvalue weighted by Gasteiger charge is 2.23. The summed E-state index contributed by atoms with van der Waals surface area (Å²) in [6.07, 6.45) is 0.742. The quantitative estimate of drug-likeness (QED) is 0.737. The van der Waals surface area contributed by atoms with E-state index in [2.05, 4.69) is 17.2 Å². The fourth-order valence-corrected chi connectivity index (χ4v) is 3.82. The van der Waals surface area contributed by atoms with E-state index >= 15 is 0 Å². The fourth-order valence-electron chi connectivity index (χ4n) is 3.82. The van der Waals surface area contributed by atoms with Gasteiger partial charge < -0.3 is 10.3 Å². The minimum Gasteiger partial charge on any atom is -0.358 e. The van der Waals surface area contributed by atoms with Gasteiger partial charge >= 0.3 is 0 Å². The molecule has 0 saturated carbocycles. The highest BCUT2D eigenvalue weighted by molar-refractivity contribution is 5.92. The van der Waals surface area contributed by atoms with Gasteiger partial charge in [-0.1, -0.05) is 23.8 Å². The second-order valence-electron chi connectivity index (χ2n) is 7.72. The van der Waals surface area contributed by atoms with Gasteiger partial charge in [-0.05, 0) is 50.1 Å². The molecular formula is C23H25N3O2. The van der Waals surface area contributed by atoms with Gasteiger partial charge in [0.25, 0.3) is 0 Å². The average Bonchev–Trinajstić information content (AvgIpc) is 2.67. The predicted molar refractivity (Wildman–Crippen MR) is 113 cm³/mol. The number of nitrogens with zero attached hydrogens (tertiary/aromatic N) is 1. The molecule has 1 aromatic heterocycles. The number of pyridine rings is 1. The van der Waals surface area contributed by atoms with Crippen LogP contribution in [0.25, 0.3) is 10.9 Å². The average molecular weight is 375 g/mol. The summed E-state index contributed by atoms with van der Waals surface area (Å²) in [4.78, 5) is 31.0. The Bertz CT molecular complexity index is 1110. The van der Waals surface area contributed by atoms with Crippen molar-refractivity contribution in [2.45, 2.75) is 33.7 Å². The minimum absolute atomic E-state index is 0.0593. The second kappa shape index (κ2) is 7.24. The van der Waals surface area contributed by atoms with Gasteiger partial charge in [-0.2, -0.15) is 0 Å². The van der Waals surface area contributed by atoms with Crippen LogP contribution in [0.15, 0.2) is 41.2 Å². The SMILES string of the molecule is Cc1ccc(NC(=O)CN2CCc3[nH]c4c(C)c(C)ccc4c(=O)c3C2)cc1.